The maximum absolute atomic E-state index is 9.67. The van der Waals surface area contributed by atoms with E-state index in [0.717, 1.165) is 11.4 Å². The van der Waals surface area contributed by atoms with Gasteiger partial charge in [-0.1, -0.05) is 0 Å². The molecule has 1 unspecified atom stereocenters. The minimum absolute atomic E-state index is 0.315. The number of rotatable bonds is 8. The third kappa shape index (κ3) is 4.43. The number of aliphatic hydroxyl groups is 1. The summed E-state index contributed by atoms with van der Waals surface area (Å²) in [7, 11) is 3.21. The number of nitrogens with one attached hydrogen (secondary N) is 1. The van der Waals surface area contributed by atoms with Crippen molar-refractivity contribution in [2.75, 3.05) is 39.3 Å². The highest BCUT2D eigenvalue weighted by molar-refractivity contribution is 5.59. The van der Waals surface area contributed by atoms with Crippen LogP contribution in [0.25, 0.3) is 0 Å². The van der Waals surface area contributed by atoms with Gasteiger partial charge in [-0.05, 0) is 19.1 Å². The molecule has 1 aromatic rings. The molecule has 0 aliphatic carbocycles. The number of anilines is 1. The molecule has 0 fully saturated rings. The zero-order chi connectivity index (χ0) is 13.4. The van der Waals surface area contributed by atoms with Gasteiger partial charge < -0.3 is 24.6 Å². The van der Waals surface area contributed by atoms with Crippen molar-refractivity contribution in [2.24, 2.45) is 0 Å². The molecule has 1 rings (SSSR count). The first-order valence-electron chi connectivity index (χ1n) is 5.93. The lowest BCUT2D eigenvalue weighted by Crippen LogP contribution is -2.25. The molecule has 0 bridgehead atoms. The van der Waals surface area contributed by atoms with Gasteiger partial charge in [-0.15, -0.1) is 0 Å². The van der Waals surface area contributed by atoms with E-state index in [1.165, 1.54) is 0 Å². The van der Waals surface area contributed by atoms with Gasteiger partial charge >= 0.3 is 0 Å². The maximum atomic E-state index is 9.67. The number of methoxy groups -OCH3 is 2. The van der Waals surface area contributed by atoms with Crippen LogP contribution in [-0.2, 0) is 4.74 Å². The second kappa shape index (κ2) is 7.79. The molecule has 0 spiro atoms. The first-order chi connectivity index (χ1) is 8.71. The molecule has 0 radical (unpaired) electrons. The highest BCUT2D eigenvalue weighted by Crippen LogP contribution is 2.28. The fraction of sp³-hybridized carbons (Fsp3) is 0.538. The van der Waals surface area contributed by atoms with Crippen molar-refractivity contribution in [3.8, 4) is 11.5 Å². The molecule has 0 saturated heterocycles. The predicted molar refractivity (Wildman–Crippen MR) is 70.5 cm³/mol. The summed E-state index contributed by atoms with van der Waals surface area (Å²) < 4.78 is 15.5. The van der Waals surface area contributed by atoms with E-state index in [9.17, 15) is 5.11 Å². The van der Waals surface area contributed by atoms with Crippen LogP contribution in [-0.4, -0.2) is 45.2 Å². The topological polar surface area (TPSA) is 60.0 Å². The summed E-state index contributed by atoms with van der Waals surface area (Å²) in [5.74, 6) is 1.44. The van der Waals surface area contributed by atoms with Crippen LogP contribution in [0.1, 0.15) is 6.92 Å². The Morgan fingerprint density at radius 1 is 1.28 bits per heavy atom. The molecule has 5 nitrogen and oxygen atoms in total. The van der Waals surface area contributed by atoms with E-state index < -0.39 is 6.10 Å². The number of hydrogen-bond donors (Lipinski definition) is 2. The summed E-state index contributed by atoms with van der Waals surface area (Å²) in [5.41, 5.74) is 0.785. The summed E-state index contributed by atoms with van der Waals surface area (Å²) in [4.78, 5) is 0. The van der Waals surface area contributed by atoms with Crippen molar-refractivity contribution in [1.82, 2.24) is 0 Å². The summed E-state index contributed by atoms with van der Waals surface area (Å²) in [5, 5.41) is 12.8. The van der Waals surface area contributed by atoms with E-state index in [-0.39, 0.29) is 0 Å². The van der Waals surface area contributed by atoms with E-state index in [0.29, 0.717) is 25.5 Å². The van der Waals surface area contributed by atoms with Gasteiger partial charge in [0.05, 0.1) is 32.6 Å². The fourth-order valence-electron chi connectivity index (χ4n) is 1.49. The monoisotopic (exact) mass is 255 g/mol. The Bertz CT molecular complexity index is 357. The van der Waals surface area contributed by atoms with Crippen LogP contribution in [0.15, 0.2) is 18.2 Å². The van der Waals surface area contributed by atoms with Crippen LogP contribution < -0.4 is 14.8 Å². The molecular formula is C13H21NO4. The average Bonchev–Trinajstić information content (AvgIpc) is 2.42. The third-order valence-corrected chi connectivity index (χ3v) is 2.45. The van der Waals surface area contributed by atoms with Crippen molar-refractivity contribution in [3.63, 3.8) is 0 Å². The first-order valence-corrected chi connectivity index (χ1v) is 5.93. The molecule has 0 amide bonds. The largest absolute Gasteiger partial charge is 0.497 e. The van der Waals surface area contributed by atoms with Crippen molar-refractivity contribution < 1.29 is 19.3 Å². The zero-order valence-corrected chi connectivity index (χ0v) is 11.1. The lowest BCUT2D eigenvalue weighted by atomic mass is 10.2. The van der Waals surface area contributed by atoms with Gasteiger partial charge in [0, 0.05) is 19.2 Å². The highest BCUT2D eigenvalue weighted by atomic mass is 16.5. The van der Waals surface area contributed by atoms with E-state index in [1.807, 2.05) is 25.1 Å². The van der Waals surface area contributed by atoms with E-state index in [2.05, 4.69) is 5.32 Å². The SMILES string of the molecule is CCOCC(O)CNc1cc(OC)ccc1OC. The predicted octanol–water partition coefficient (Wildman–Crippen LogP) is 1.51. The van der Waals surface area contributed by atoms with E-state index >= 15 is 0 Å². The van der Waals surface area contributed by atoms with Gasteiger partial charge in [0.2, 0.25) is 0 Å². The van der Waals surface area contributed by atoms with Crippen LogP contribution in [0, 0.1) is 0 Å². The van der Waals surface area contributed by atoms with Crippen molar-refractivity contribution in [3.05, 3.63) is 18.2 Å². The fourth-order valence-corrected chi connectivity index (χ4v) is 1.49. The van der Waals surface area contributed by atoms with Gasteiger partial charge in [-0.2, -0.15) is 0 Å². The average molecular weight is 255 g/mol. The molecule has 5 heteroatoms. The normalized spacial score (nSPS) is 12.0. The van der Waals surface area contributed by atoms with Crippen molar-refractivity contribution >= 4 is 5.69 Å². The number of aliphatic hydroxyl groups excluding tert-OH is 1. The molecule has 1 atom stereocenters. The Morgan fingerprint density at radius 3 is 2.67 bits per heavy atom. The lowest BCUT2D eigenvalue weighted by molar-refractivity contribution is 0.0495. The standard InChI is InChI=1S/C13H21NO4/c1-4-18-9-10(15)8-14-12-7-11(16-2)5-6-13(12)17-3/h5-7,10,14-15H,4,8-9H2,1-3H3. The smallest absolute Gasteiger partial charge is 0.142 e. The minimum Gasteiger partial charge on any atom is -0.497 e. The molecule has 18 heavy (non-hydrogen) atoms. The summed E-state index contributed by atoms with van der Waals surface area (Å²) in [6.45, 7) is 3.20. The Kier molecular flexibility index (Phi) is 6.32. The molecule has 0 heterocycles. The Hall–Kier alpha value is -1.46. The van der Waals surface area contributed by atoms with Crippen LogP contribution in [0.5, 0.6) is 11.5 Å². The minimum atomic E-state index is -0.555. The molecule has 0 saturated carbocycles. The second-order valence-electron chi connectivity index (χ2n) is 3.76. The van der Waals surface area contributed by atoms with Gasteiger partial charge in [-0.25, -0.2) is 0 Å². The number of hydrogen-bond acceptors (Lipinski definition) is 5. The maximum Gasteiger partial charge on any atom is 0.142 e. The highest BCUT2D eigenvalue weighted by Gasteiger charge is 2.08. The molecule has 0 aromatic heterocycles. The summed E-state index contributed by atoms with van der Waals surface area (Å²) in [6.07, 6.45) is -0.555. The molecule has 0 aliphatic rings. The van der Waals surface area contributed by atoms with Crippen molar-refractivity contribution in [2.45, 2.75) is 13.0 Å². The Labute approximate surface area is 108 Å². The van der Waals surface area contributed by atoms with Crippen LogP contribution in [0.4, 0.5) is 5.69 Å². The van der Waals surface area contributed by atoms with Crippen molar-refractivity contribution in [1.29, 1.82) is 0 Å². The van der Waals surface area contributed by atoms with E-state index in [1.54, 1.807) is 14.2 Å². The van der Waals surface area contributed by atoms with Gasteiger partial charge in [0.25, 0.3) is 0 Å². The zero-order valence-electron chi connectivity index (χ0n) is 11.1. The second-order valence-corrected chi connectivity index (χ2v) is 3.76. The van der Waals surface area contributed by atoms with E-state index in [4.69, 9.17) is 14.2 Å². The molecular weight excluding hydrogens is 234 g/mol. The quantitative estimate of drug-likeness (QED) is 0.737. The third-order valence-electron chi connectivity index (χ3n) is 2.45. The Morgan fingerprint density at radius 2 is 2.06 bits per heavy atom. The number of benzene rings is 1. The van der Waals surface area contributed by atoms with Crippen LogP contribution >= 0.6 is 0 Å². The molecule has 1 aromatic carbocycles. The number of ether oxygens (including phenoxy) is 3. The molecule has 102 valence electrons. The van der Waals surface area contributed by atoms with Gasteiger partial charge in [0.1, 0.15) is 11.5 Å². The van der Waals surface area contributed by atoms with Crippen LogP contribution in [0.2, 0.25) is 0 Å². The van der Waals surface area contributed by atoms with Gasteiger partial charge in [0.15, 0.2) is 0 Å². The Balaban J connectivity index is 2.59. The first kappa shape index (κ1) is 14.6. The van der Waals surface area contributed by atoms with Crippen LogP contribution in [0.3, 0.4) is 0 Å². The summed E-state index contributed by atoms with van der Waals surface area (Å²) in [6, 6.07) is 5.46. The summed E-state index contributed by atoms with van der Waals surface area (Å²) >= 11 is 0. The lowest BCUT2D eigenvalue weighted by Gasteiger charge is -2.15. The molecule has 2 N–H and O–H groups in total. The molecule has 0 aliphatic heterocycles. The van der Waals surface area contributed by atoms with Gasteiger partial charge in [-0.3, -0.25) is 0 Å².